The number of nitrogens with zero attached hydrogens (tertiary/aromatic N) is 1. The van der Waals surface area contributed by atoms with Crippen LogP contribution in [0, 0.1) is 0 Å². The normalized spacial score (nSPS) is 12.9. The minimum absolute atomic E-state index is 0.343. The van der Waals surface area contributed by atoms with Crippen LogP contribution in [0.25, 0.3) is 0 Å². The van der Waals surface area contributed by atoms with E-state index in [4.69, 9.17) is 5.73 Å². The maximum atomic E-state index is 5.67. The highest BCUT2D eigenvalue weighted by atomic mass is 14.9. The Morgan fingerprint density at radius 1 is 1.47 bits per heavy atom. The smallest absolute Gasteiger partial charge is 0.0921 e. The standard InChI is InChI=1S/C11H22N4/c1-10(12)4-2-3-6-13-7-5-11-8-14-9-15-11/h8-10,13H,2-7,12H2,1H3,(H,14,15). The minimum atomic E-state index is 0.343. The van der Waals surface area contributed by atoms with Crippen LogP contribution in [0.5, 0.6) is 0 Å². The third kappa shape index (κ3) is 6.25. The Hall–Kier alpha value is -0.870. The van der Waals surface area contributed by atoms with E-state index in [-0.39, 0.29) is 0 Å². The number of nitrogens with two attached hydrogens (primary N) is 1. The monoisotopic (exact) mass is 210 g/mol. The van der Waals surface area contributed by atoms with E-state index in [9.17, 15) is 0 Å². The van der Waals surface area contributed by atoms with Crippen molar-refractivity contribution in [2.24, 2.45) is 5.73 Å². The van der Waals surface area contributed by atoms with Crippen LogP contribution in [0.1, 0.15) is 31.9 Å². The maximum Gasteiger partial charge on any atom is 0.0921 e. The summed E-state index contributed by atoms with van der Waals surface area (Å²) >= 11 is 0. The summed E-state index contributed by atoms with van der Waals surface area (Å²) in [5, 5.41) is 3.41. The zero-order valence-electron chi connectivity index (χ0n) is 9.50. The largest absolute Gasteiger partial charge is 0.348 e. The number of hydrogen-bond acceptors (Lipinski definition) is 3. The average molecular weight is 210 g/mol. The molecular formula is C11H22N4. The third-order valence-electron chi connectivity index (χ3n) is 2.39. The van der Waals surface area contributed by atoms with E-state index in [0.29, 0.717) is 6.04 Å². The molecule has 1 heterocycles. The predicted octanol–water partition coefficient (Wildman–Crippen LogP) is 1.06. The zero-order chi connectivity index (χ0) is 10.9. The van der Waals surface area contributed by atoms with Gasteiger partial charge in [-0.3, -0.25) is 0 Å². The van der Waals surface area contributed by atoms with Gasteiger partial charge in [-0.2, -0.15) is 0 Å². The molecule has 15 heavy (non-hydrogen) atoms. The quantitative estimate of drug-likeness (QED) is 0.562. The first-order valence-corrected chi connectivity index (χ1v) is 5.72. The van der Waals surface area contributed by atoms with Crippen LogP contribution in [0.3, 0.4) is 0 Å². The second-order valence-electron chi connectivity index (χ2n) is 4.05. The number of rotatable bonds is 8. The first-order valence-electron chi connectivity index (χ1n) is 5.72. The van der Waals surface area contributed by atoms with Crippen LogP contribution in [0.2, 0.25) is 0 Å². The van der Waals surface area contributed by atoms with Crippen LogP contribution in [-0.2, 0) is 6.42 Å². The molecule has 0 saturated heterocycles. The number of imidazole rings is 1. The fourth-order valence-corrected chi connectivity index (χ4v) is 1.49. The Bertz CT molecular complexity index is 231. The molecule has 0 radical (unpaired) electrons. The van der Waals surface area contributed by atoms with E-state index in [1.165, 1.54) is 18.5 Å². The number of nitrogens with one attached hydrogen (secondary N) is 2. The highest BCUT2D eigenvalue weighted by molar-refractivity contribution is 4.94. The molecule has 0 fully saturated rings. The predicted molar refractivity (Wildman–Crippen MR) is 62.7 cm³/mol. The highest BCUT2D eigenvalue weighted by Gasteiger charge is 1.95. The van der Waals surface area contributed by atoms with Gasteiger partial charge in [0.15, 0.2) is 0 Å². The molecule has 4 heteroatoms. The number of hydrogen-bond donors (Lipinski definition) is 3. The molecule has 1 atom stereocenters. The fourth-order valence-electron chi connectivity index (χ4n) is 1.49. The summed E-state index contributed by atoms with van der Waals surface area (Å²) in [5.41, 5.74) is 6.86. The second-order valence-corrected chi connectivity index (χ2v) is 4.05. The van der Waals surface area contributed by atoms with Gasteiger partial charge < -0.3 is 16.0 Å². The molecule has 86 valence electrons. The van der Waals surface area contributed by atoms with Gasteiger partial charge in [0, 0.05) is 30.9 Å². The summed E-state index contributed by atoms with van der Waals surface area (Å²) in [6.45, 7) is 4.16. The van der Waals surface area contributed by atoms with Crippen molar-refractivity contribution in [1.29, 1.82) is 0 Å². The van der Waals surface area contributed by atoms with Crippen LogP contribution < -0.4 is 11.1 Å². The van der Waals surface area contributed by atoms with Crippen molar-refractivity contribution >= 4 is 0 Å². The summed E-state index contributed by atoms with van der Waals surface area (Å²) < 4.78 is 0. The molecule has 0 aromatic carbocycles. The van der Waals surface area contributed by atoms with Gasteiger partial charge in [0.2, 0.25) is 0 Å². The number of H-pyrrole nitrogens is 1. The molecule has 1 rings (SSSR count). The lowest BCUT2D eigenvalue weighted by molar-refractivity contribution is 0.563. The van der Waals surface area contributed by atoms with Gasteiger partial charge in [-0.15, -0.1) is 0 Å². The average Bonchev–Trinajstić information content (AvgIpc) is 2.68. The molecule has 1 aromatic heterocycles. The molecule has 4 N–H and O–H groups in total. The number of unbranched alkanes of at least 4 members (excludes halogenated alkanes) is 1. The summed E-state index contributed by atoms with van der Waals surface area (Å²) in [5.74, 6) is 0. The molecule has 0 amide bonds. The molecule has 0 saturated carbocycles. The summed E-state index contributed by atoms with van der Waals surface area (Å²) in [6, 6.07) is 0.343. The third-order valence-corrected chi connectivity index (χ3v) is 2.39. The minimum Gasteiger partial charge on any atom is -0.348 e. The lowest BCUT2D eigenvalue weighted by Gasteiger charge is -2.05. The molecule has 0 aliphatic heterocycles. The van der Waals surface area contributed by atoms with Gasteiger partial charge in [-0.1, -0.05) is 6.42 Å². The summed E-state index contributed by atoms with van der Waals surface area (Å²) in [6.07, 6.45) is 8.17. The Labute approximate surface area is 91.7 Å². The first-order chi connectivity index (χ1) is 7.29. The van der Waals surface area contributed by atoms with E-state index in [0.717, 1.165) is 25.9 Å². The van der Waals surface area contributed by atoms with Crippen molar-refractivity contribution in [3.63, 3.8) is 0 Å². The van der Waals surface area contributed by atoms with E-state index < -0.39 is 0 Å². The van der Waals surface area contributed by atoms with Crippen molar-refractivity contribution in [3.05, 3.63) is 18.2 Å². The molecule has 0 spiro atoms. The van der Waals surface area contributed by atoms with Crippen LogP contribution >= 0.6 is 0 Å². The van der Waals surface area contributed by atoms with Crippen molar-refractivity contribution < 1.29 is 0 Å². The molecule has 0 aliphatic rings. The first kappa shape index (κ1) is 12.2. The van der Waals surface area contributed by atoms with E-state index >= 15 is 0 Å². The van der Waals surface area contributed by atoms with Crippen LogP contribution in [0.4, 0.5) is 0 Å². The molecule has 0 aliphatic carbocycles. The Morgan fingerprint density at radius 2 is 2.33 bits per heavy atom. The highest BCUT2D eigenvalue weighted by Crippen LogP contribution is 1.97. The van der Waals surface area contributed by atoms with Gasteiger partial charge in [0.05, 0.1) is 6.33 Å². The zero-order valence-corrected chi connectivity index (χ0v) is 9.50. The molecule has 1 unspecified atom stereocenters. The van der Waals surface area contributed by atoms with E-state index in [2.05, 4.69) is 22.2 Å². The molecular weight excluding hydrogens is 188 g/mol. The number of aromatic nitrogens is 2. The fraction of sp³-hybridized carbons (Fsp3) is 0.727. The Balaban J connectivity index is 1.85. The maximum absolute atomic E-state index is 5.67. The van der Waals surface area contributed by atoms with Gasteiger partial charge in [0.1, 0.15) is 0 Å². The second kappa shape index (κ2) is 7.43. The SMILES string of the molecule is CC(N)CCCCNCCc1cnc[nH]1. The van der Waals surface area contributed by atoms with Crippen molar-refractivity contribution in [2.75, 3.05) is 13.1 Å². The lowest BCUT2D eigenvalue weighted by Crippen LogP contribution is -2.20. The summed E-state index contributed by atoms with van der Waals surface area (Å²) in [4.78, 5) is 7.06. The van der Waals surface area contributed by atoms with Crippen molar-refractivity contribution in [2.45, 2.75) is 38.6 Å². The van der Waals surface area contributed by atoms with Gasteiger partial charge >= 0.3 is 0 Å². The molecule has 4 nitrogen and oxygen atoms in total. The van der Waals surface area contributed by atoms with Crippen molar-refractivity contribution in [3.8, 4) is 0 Å². The van der Waals surface area contributed by atoms with Crippen LogP contribution in [0.15, 0.2) is 12.5 Å². The molecule has 1 aromatic rings. The Morgan fingerprint density at radius 3 is 3.00 bits per heavy atom. The lowest BCUT2D eigenvalue weighted by atomic mass is 10.1. The summed E-state index contributed by atoms with van der Waals surface area (Å²) in [7, 11) is 0. The van der Waals surface area contributed by atoms with Gasteiger partial charge in [0.25, 0.3) is 0 Å². The topological polar surface area (TPSA) is 66.7 Å². The van der Waals surface area contributed by atoms with Gasteiger partial charge in [-0.25, -0.2) is 4.98 Å². The van der Waals surface area contributed by atoms with Crippen LogP contribution in [-0.4, -0.2) is 29.1 Å². The Kier molecular flexibility index (Phi) is 6.04. The van der Waals surface area contributed by atoms with E-state index in [1.807, 2.05) is 6.20 Å². The van der Waals surface area contributed by atoms with E-state index in [1.54, 1.807) is 6.33 Å². The molecule has 0 bridgehead atoms. The number of aromatic amines is 1. The van der Waals surface area contributed by atoms with Gasteiger partial charge in [-0.05, 0) is 26.3 Å². The van der Waals surface area contributed by atoms with Crippen molar-refractivity contribution in [1.82, 2.24) is 15.3 Å².